The second-order valence-corrected chi connectivity index (χ2v) is 7.94. The Morgan fingerprint density at radius 3 is 2.73 bits per heavy atom. The quantitative estimate of drug-likeness (QED) is 0.629. The van der Waals surface area contributed by atoms with Crippen molar-refractivity contribution in [1.29, 1.82) is 0 Å². The van der Waals surface area contributed by atoms with E-state index in [0.29, 0.717) is 4.34 Å². The number of sulfonamides is 1. The zero-order chi connectivity index (χ0) is 16.3. The van der Waals surface area contributed by atoms with Gasteiger partial charge in [0.1, 0.15) is 0 Å². The van der Waals surface area contributed by atoms with Crippen LogP contribution in [-0.2, 0) is 14.8 Å². The minimum atomic E-state index is -3.91. The Morgan fingerprint density at radius 2 is 2.14 bits per heavy atom. The Labute approximate surface area is 140 Å². The number of halogens is 1. The van der Waals surface area contributed by atoms with Crippen LogP contribution < -0.4 is 4.72 Å². The van der Waals surface area contributed by atoms with Crippen LogP contribution >= 0.6 is 34.7 Å². The number of hydrogen-bond donors (Lipinski definition) is 1. The first-order valence-corrected chi connectivity index (χ1v) is 9.56. The molecule has 1 aromatic carbocycles. The summed E-state index contributed by atoms with van der Waals surface area (Å²) < 4.78 is 32.1. The van der Waals surface area contributed by atoms with Gasteiger partial charge in [0.15, 0.2) is 4.34 Å². The number of esters is 1. The van der Waals surface area contributed by atoms with Crippen molar-refractivity contribution in [1.82, 2.24) is 10.2 Å². The van der Waals surface area contributed by atoms with E-state index in [1.807, 2.05) is 0 Å². The van der Waals surface area contributed by atoms with Crippen molar-refractivity contribution in [2.75, 3.05) is 18.1 Å². The maximum Gasteiger partial charge on any atom is 0.339 e. The highest BCUT2D eigenvalue weighted by Crippen LogP contribution is 2.27. The average molecular weight is 380 g/mol. The highest BCUT2D eigenvalue weighted by atomic mass is 35.5. The number of rotatable bonds is 5. The number of carbonyl (C=O) groups is 1. The van der Waals surface area contributed by atoms with Gasteiger partial charge in [-0.15, -0.1) is 10.2 Å². The predicted molar refractivity (Wildman–Crippen MR) is 85.3 cm³/mol. The maximum atomic E-state index is 12.3. The molecule has 0 amide bonds. The minimum Gasteiger partial charge on any atom is -0.465 e. The molecule has 0 radical (unpaired) electrons. The number of benzene rings is 1. The van der Waals surface area contributed by atoms with Crippen molar-refractivity contribution in [3.8, 4) is 0 Å². The summed E-state index contributed by atoms with van der Waals surface area (Å²) in [6.07, 6.45) is 1.81. The lowest BCUT2D eigenvalue weighted by molar-refractivity contribution is 0.0600. The molecule has 0 aliphatic heterocycles. The number of ether oxygens (including phenoxy) is 1. The maximum absolute atomic E-state index is 12.3. The number of nitrogens with one attached hydrogen (secondary N) is 1. The van der Waals surface area contributed by atoms with Crippen molar-refractivity contribution < 1.29 is 17.9 Å². The third kappa shape index (κ3) is 3.69. The van der Waals surface area contributed by atoms with Crippen LogP contribution in [0.1, 0.15) is 10.4 Å². The molecule has 0 atom stereocenters. The Hall–Kier alpha value is -1.36. The first-order chi connectivity index (χ1) is 10.4. The Balaban J connectivity index is 2.35. The molecular formula is C11H10ClN3O4S3. The number of carbonyl (C=O) groups excluding carboxylic acids is 1. The smallest absolute Gasteiger partial charge is 0.339 e. The first kappa shape index (κ1) is 17.0. The summed E-state index contributed by atoms with van der Waals surface area (Å²) in [4.78, 5) is 11.4. The standard InChI is InChI=1S/C11H10ClN3O4S3/c1-19-9(16)7-5-6(3-4-8(7)12)22(17,18)15-10-13-14-11(20-2)21-10/h3-5H,1-2H3,(H,13,15). The molecule has 0 spiro atoms. The van der Waals surface area contributed by atoms with Gasteiger partial charge in [-0.3, -0.25) is 4.72 Å². The summed E-state index contributed by atoms with van der Waals surface area (Å²) in [7, 11) is -2.72. The van der Waals surface area contributed by atoms with Crippen LogP contribution in [0.4, 0.5) is 5.13 Å². The molecule has 11 heteroatoms. The van der Waals surface area contributed by atoms with Gasteiger partial charge in [-0.25, -0.2) is 13.2 Å². The lowest BCUT2D eigenvalue weighted by atomic mass is 10.2. The molecule has 118 valence electrons. The van der Waals surface area contributed by atoms with Crippen LogP contribution in [0.25, 0.3) is 0 Å². The lowest BCUT2D eigenvalue weighted by Gasteiger charge is -2.07. The zero-order valence-corrected chi connectivity index (χ0v) is 14.6. The summed E-state index contributed by atoms with van der Waals surface area (Å²) in [5.74, 6) is -0.720. The second-order valence-electron chi connectivity index (χ2n) is 3.82. The summed E-state index contributed by atoms with van der Waals surface area (Å²) in [5, 5.41) is 7.76. The number of hydrogen-bond acceptors (Lipinski definition) is 8. The molecule has 0 fully saturated rings. The monoisotopic (exact) mass is 379 g/mol. The van der Waals surface area contributed by atoms with E-state index in [1.165, 1.54) is 31.0 Å². The molecule has 0 aliphatic carbocycles. The van der Waals surface area contributed by atoms with Gasteiger partial charge in [0.2, 0.25) is 5.13 Å². The number of thioether (sulfide) groups is 1. The van der Waals surface area contributed by atoms with Gasteiger partial charge in [-0.2, -0.15) is 0 Å². The van der Waals surface area contributed by atoms with Gasteiger partial charge in [0, 0.05) is 0 Å². The van der Waals surface area contributed by atoms with E-state index in [2.05, 4.69) is 19.7 Å². The number of aromatic nitrogens is 2. The SMILES string of the molecule is COC(=O)c1cc(S(=O)(=O)Nc2nnc(SC)s2)ccc1Cl. The van der Waals surface area contributed by atoms with Gasteiger partial charge in [-0.05, 0) is 24.5 Å². The second kappa shape index (κ2) is 6.82. The van der Waals surface area contributed by atoms with Crippen molar-refractivity contribution >= 4 is 55.8 Å². The van der Waals surface area contributed by atoms with Crippen LogP contribution in [0.2, 0.25) is 5.02 Å². The summed E-state index contributed by atoms with van der Waals surface area (Å²) in [5.41, 5.74) is -0.0332. The largest absolute Gasteiger partial charge is 0.465 e. The van der Waals surface area contributed by atoms with E-state index < -0.39 is 16.0 Å². The normalized spacial score (nSPS) is 11.2. The van der Waals surface area contributed by atoms with Crippen molar-refractivity contribution in [3.63, 3.8) is 0 Å². The Bertz CT molecular complexity index is 807. The van der Waals surface area contributed by atoms with Crippen molar-refractivity contribution in [2.24, 2.45) is 0 Å². The zero-order valence-electron chi connectivity index (χ0n) is 11.4. The van der Waals surface area contributed by atoms with Crippen LogP contribution in [-0.4, -0.2) is 38.0 Å². The predicted octanol–water partition coefficient (Wildman–Crippen LogP) is 2.50. The van der Waals surface area contributed by atoms with Gasteiger partial charge < -0.3 is 4.74 Å². The van der Waals surface area contributed by atoms with E-state index >= 15 is 0 Å². The van der Waals surface area contributed by atoms with Crippen LogP contribution in [0.3, 0.4) is 0 Å². The van der Waals surface area contributed by atoms with E-state index in [0.717, 1.165) is 17.4 Å². The number of nitrogens with zero attached hydrogens (tertiary/aromatic N) is 2. The molecule has 1 aromatic heterocycles. The topological polar surface area (TPSA) is 98.2 Å². The summed E-state index contributed by atoms with van der Waals surface area (Å²) >= 11 is 8.32. The van der Waals surface area contributed by atoms with Gasteiger partial charge >= 0.3 is 5.97 Å². The fourth-order valence-corrected chi connectivity index (χ4v) is 4.07. The van der Waals surface area contributed by atoms with E-state index in [4.69, 9.17) is 11.6 Å². The molecule has 22 heavy (non-hydrogen) atoms. The molecule has 0 unspecified atom stereocenters. The third-order valence-electron chi connectivity index (χ3n) is 2.46. The summed E-state index contributed by atoms with van der Waals surface area (Å²) in [6, 6.07) is 3.75. The van der Waals surface area contributed by atoms with E-state index in [-0.39, 0.29) is 20.6 Å². The highest BCUT2D eigenvalue weighted by Gasteiger charge is 2.20. The lowest BCUT2D eigenvalue weighted by Crippen LogP contribution is -2.14. The van der Waals surface area contributed by atoms with Crippen LogP contribution in [0, 0.1) is 0 Å². The molecule has 1 N–H and O–H groups in total. The average Bonchev–Trinajstić information content (AvgIpc) is 2.93. The molecule has 1 heterocycles. The molecule has 2 aromatic rings. The molecule has 2 rings (SSSR count). The van der Waals surface area contributed by atoms with Gasteiger partial charge in [0.05, 0.1) is 22.6 Å². The number of methoxy groups -OCH3 is 1. The molecule has 7 nitrogen and oxygen atoms in total. The Kier molecular flexibility index (Phi) is 5.27. The van der Waals surface area contributed by atoms with Gasteiger partial charge in [0.25, 0.3) is 10.0 Å². The van der Waals surface area contributed by atoms with Crippen molar-refractivity contribution in [3.05, 3.63) is 28.8 Å². The fraction of sp³-hybridized carbons (Fsp3) is 0.182. The highest BCUT2D eigenvalue weighted by molar-refractivity contribution is 8.00. The molecule has 0 aliphatic rings. The van der Waals surface area contributed by atoms with Crippen LogP contribution in [0.5, 0.6) is 0 Å². The summed E-state index contributed by atoms with van der Waals surface area (Å²) in [6.45, 7) is 0. The fourth-order valence-electron chi connectivity index (χ4n) is 1.45. The number of anilines is 1. The third-order valence-corrected chi connectivity index (χ3v) is 6.07. The molecule has 0 saturated carbocycles. The molecule has 0 saturated heterocycles. The molecule has 0 bridgehead atoms. The van der Waals surface area contributed by atoms with Crippen LogP contribution in [0.15, 0.2) is 27.4 Å². The van der Waals surface area contributed by atoms with E-state index in [9.17, 15) is 13.2 Å². The minimum absolute atomic E-state index is 0.0332. The van der Waals surface area contributed by atoms with Crippen molar-refractivity contribution in [2.45, 2.75) is 9.24 Å². The molecular weight excluding hydrogens is 370 g/mol. The van der Waals surface area contributed by atoms with Gasteiger partial charge in [-0.1, -0.05) is 34.7 Å². The Morgan fingerprint density at radius 1 is 1.41 bits per heavy atom. The van der Waals surface area contributed by atoms with E-state index in [1.54, 1.807) is 6.26 Å². The first-order valence-electron chi connectivity index (χ1n) is 5.65.